The molecule has 1 aromatic heterocycles. The Kier molecular flexibility index (Phi) is 6.78. The average molecular weight is 438 g/mol. The van der Waals surface area contributed by atoms with Gasteiger partial charge in [0.25, 0.3) is 0 Å². The molecule has 4 rings (SSSR count). The Bertz CT molecular complexity index is 1030. The van der Waals surface area contributed by atoms with Gasteiger partial charge in [-0.15, -0.1) is 0 Å². The number of hydrogen-bond acceptors (Lipinski definition) is 8. The number of nitrogens with zero attached hydrogens (tertiary/aromatic N) is 2. The molecule has 1 aliphatic rings. The molecule has 0 radical (unpaired) electrons. The first-order chi connectivity index (χ1) is 15.5. The predicted molar refractivity (Wildman–Crippen MR) is 115 cm³/mol. The van der Waals surface area contributed by atoms with Crippen molar-refractivity contribution < 1.29 is 29.9 Å². The lowest BCUT2D eigenvalue weighted by molar-refractivity contribution is -0.231. The van der Waals surface area contributed by atoms with Gasteiger partial charge in [-0.1, -0.05) is 30.3 Å². The van der Waals surface area contributed by atoms with Gasteiger partial charge in [0.05, 0.1) is 19.0 Å². The first kappa shape index (κ1) is 22.3. The van der Waals surface area contributed by atoms with E-state index in [1.807, 2.05) is 49.4 Å². The van der Waals surface area contributed by atoms with Crippen LogP contribution in [0.4, 0.5) is 0 Å². The standard InChI is InChI=1S/C24H26N2O6/c1-14-2-5-16(24-23(30)22(29)21(28)20(12-27)32-24)9-17(14)8-15-3-6-18(7-4-15)31-19-10-25-13-26-11-19/h2-7,9-11,13,20-24,27-30H,8,12H2,1H3/t20-,21-,22?,23-,24+/m1/s1. The molecule has 0 amide bonds. The number of rotatable bonds is 6. The third-order valence-corrected chi connectivity index (χ3v) is 5.68. The van der Waals surface area contributed by atoms with Crippen molar-refractivity contribution in [2.75, 3.05) is 6.61 Å². The molecule has 1 saturated heterocycles. The fourth-order valence-electron chi connectivity index (χ4n) is 3.81. The molecule has 4 N–H and O–H groups in total. The molecule has 8 nitrogen and oxygen atoms in total. The van der Waals surface area contributed by atoms with Crippen LogP contribution in [0.5, 0.6) is 11.5 Å². The minimum atomic E-state index is -1.40. The average Bonchev–Trinajstić information content (AvgIpc) is 2.81. The highest BCUT2D eigenvalue weighted by Gasteiger charge is 2.43. The Hall–Kier alpha value is -2.88. The van der Waals surface area contributed by atoms with E-state index in [2.05, 4.69) is 9.97 Å². The summed E-state index contributed by atoms with van der Waals surface area (Å²) < 4.78 is 11.4. The van der Waals surface area contributed by atoms with E-state index >= 15 is 0 Å². The summed E-state index contributed by atoms with van der Waals surface area (Å²) in [7, 11) is 0. The molecule has 0 spiro atoms. The summed E-state index contributed by atoms with van der Waals surface area (Å²) in [5.41, 5.74) is 3.84. The second-order valence-corrected chi connectivity index (χ2v) is 7.93. The van der Waals surface area contributed by atoms with Crippen LogP contribution >= 0.6 is 0 Å². The highest BCUT2D eigenvalue weighted by molar-refractivity contribution is 5.39. The fraction of sp³-hybridized carbons (Fsp3) is 0.333. The lowest BCUT2D eigenvalue weighted by atomic mass is 9.89. The molecule has 8 heteroatoms. The van der Waals surface area contributed by atoms with Gasteiger partial charge >= 0.3 is 0 Å². The Morgan fingerprint density at radius 2 is 1.62 bits per heavy atom. The van der Waals surface area contributed by atoms with Gasteiger partial charge in [0.15, 0.2) is 5.75 Å². The van der Waals surface area contributed by atoms with E-state index in [0.717, 1.165) is 16.7 Å². The first-order valence-electron chi connectivity index (χ1n) is 10.4. The molecule has 2 aromatic carbocycles. The van der Waals surface area contributed by atoms with Crippen molar-refractivity contribution in [2.24, 2.45) is 0 Å². The van der Waals surface area contributed by atoms with Crippen molar-refractivity contribution in [1.29, 1.82) is 0 Å². The number of benzene rings is 2. The maximum Gasteiger partial charge on any atom is 0.163 e. The molecule has 1 aliphatic heterocycles. The summed E-state index contributed by atoms with van der Waals surface area (Å²) in [6.45, 7) is 1.54. The van der Waals surface area contributed by atoms with Gasteiger partial charge in [-0.05, 0) is 47.7 Å². The molecule has 1 unspecified atom stereocenters. The van der Waals surface area contributed by atoms with E-state index in [1.54, 1.807) is 12.4 Å². The van der Waals surface area contributed by atoms with E-state index in [0.29, 0.717) is 23.5 Å². The number of aryl methyl sites for hydroxylation is 1. The van der Waals surface area contributed by atoms with Gasteiger partial charge in [0.1, 0.15) is 42.6 Å². The quantitative estimate of drug-likeness (QED) is 0.458. The van der Waals surface area contributed by atoms with Crippen LogP contribution in [0.3, 0.4) is 0 Å². The van der Waals surface area contributed by atoms with Gasteiger partial charge in [-0.3, -0.25) is 0 Å². The van der Waals surface area contributed by atoms with Gasteiger partial charge in [0, 0.05) is 0 Å². The van der Waals surface area contributed by atoms with Crippen LogP contribution in [-0.2, 0) is 11.2 Å². The molecule has 1 fully saturated rings. The van der Waals surface area contributed by atoms with Crippen LogP contribution in [0.1, 0.15) is 28.4 Å². The van der Waals surface area contributed by atoms with Gasteiger partial charge < -0.3 is 29.9 Å². The molecule has 2 heterocycles. The summed E-state index contributed by atoms with van der Waals surface area (Å²) in [6.07, 6.45) is -0.606. The molecule has 0 aliphatic carbocycles. The van der Waals surface area contributed by atoms with Crippen molar-refractivity contribution in [1.82, 2.24) is 9.97 Å². The second kappa shape index (κ2) is 9.72. The maximum atomic E-state index is 10.4. The van der Waals surface area contributed by atoms with E-state index in [1.165, 1.54) is 6.33 Å². The molecular weight excluding hydrogens is 412 g/mol. The molecule has 5 atom stereocenters. The molecular formula is C24H26N2O6. The highest BCUT2D eigenvalue weighted by atomic mass is 16.5. The Labute approximate surface area is 185 Å². The van der Waals surface area contributed by atoms with Crippen LogP contribution in [0, 0.1) is 6.92 Å². The number of aliphatic hydroxyl groups is 4. The predicted octanol–water partition coefficient (Wildman–Crippen LogP) is 1.68. The lowest BCUT2D eigenvalue weighted by Gasteiger charge is -2.40. The third-order valence-electron chi connectivity index (χ3n) is 5.68. The summed E-state index contributed by atoms with van der Waals surface area (Å²) >= 11 is 0. The Morgan fingerprint density at radius 3 is 2.31 bits per heavy atom. The lowest BCUT2D eigenvalue weighted by Crippen LogP contribution is -2.55. The topological polar surface area (TPSA) is 125 Å². The molecule has 168 valence electrons. The number of ether oxygens (including phenoxy) is 2. The van der Waals surface area contributed by atoms with Crippen molar-refractivity contribution in [2.45, 2.75) is 43.9 Å². The van der Waals surface area contributed by atoms with Gasteiger partial charge in [0.2, 0.25) is 0 Å². The summed E-state index contributed by atoms with van der Waals surface area (Å²) in [5.74, 6) is 1.23. The zero-order valence-corrected chi connectivity index (χ0v) is 17.6. The van der Waals surface area contributed by atoms with Crippen LogP contribution in [-0.4, -0.2) is 61.4 Å². The zero-order chi connectivity index (χ0) is 22.7. The largest absolute Gasteiger partial charge is 0.454 e. The van der Waals surface area contributed by atoms with Crippen LogP contribution < -0.4 is 4.74 Å². The van der Waals surface area contributed by atoms with E-state index in [4.69, 9.17) is 9.47 Å². The first-order valence-corrected chi connectivity index (χ1v) is 10.4. The van der Waals surface area contributed by atoms with Crippen molar-refractivity contribution in [3.63, 3.8) is 0 Å². The van der Waals surface area contributed by atoms with Crippen molar-refractivity contribution in [3.8, 4) is 11.5 Å². The number of aliphatic hydroxyl groups excluding tert-OH is 4. The normalized spacial score (nSPS) is 25.5. The van der Waals surface area contributed by atoms with E-state index in [-0.39, 0.29) is 0 Å². The minimum Gasteiger partial charge on any atom is -0.454 e. The monoisotopic (exact) mass is 438 g/mol. The van der Waals surface area contributed by atoms with E-state index in [9.17, 15) is 20.4 Å². The maximum absolute atomic E-state index is 10.4. The smallest absolute Gasteiger partial charge is 0.163 e. The van der Waals surface area contributed by atoms with Crippen molar-refractivity contribution in [3.05, 3.63) is 83.4 Å². The number of hydrogen-bond donors (Lipinski definition) is 4. The third kappa shape index (κ3) is 4.79. The summed E-state index contributed by atoms with van der Waals surface area (Å²) in [6, 6.07) is 13.4. The molecule has 32 heavy (non-hydrogen) atoms. The Balaban J connectivity index is 1.50. The zero-order valence-electron chi connectivity index (χ0n) is 17.6. The second-order valence-electron chi connectivity index (χ2n) is 7.93. The minimum absolute atomic E-state index is 0.455. The van der Waals surface area contributed by atoms with Crippen LogP contribution in [0.15, 0.2) is 61.2 Å². The van der Waals surface area contributed by atoms with Crippen molar-refractivity contribution >= 4 is 0 Å². The van der Waals surface area contributed by atoms with Crippen LogP contribution in [0.25, 0.3) is 0 Å². The van der Waals surface area contributed by atoms with Gasteiger partial charge in [-0.25, -0.2) is 9.97 Å². The molecule has 0 saturated carbocycles. The highest BCUT2D eigenvalue weighted by Crippen LogP contribution is 2.33. The molecule has 3 aromatic rings. The fourth-order valence-corrected chi connectivity index (χ4v) is 3.81. The molecule has 0 bridgehead atoms. The number of aromatic nitrogens is 2. The van der Waals surface area contributed by atoms with Crippen LogP contribution in [0.2, 0.25) is 0 Å². The summed E-state index contributed by atoms with van der Waals surface area (Å²) in [5, 5.41) is 40.0. The SMILES string of the molecule is Cc1ccc([C@@H]2O[C@H](CO)[C@@H](O)C(O)[C@H]2O)cc1Cc1ccc(Oc2cncnc2)cc1. The van der Waals surface area contributed by atoms with Gasteiger partial charge in [-0.2, -0.15) is 0 Å². The Morgan fingerprint density at radius 1 is 0.906 bits per heavy atom. The summed E-state index contributed by atoms with van der Waals surface area (Å²) in [4.78, 5) is 7.85. The van der Waals surface area contributed by atoms with E-state index < -0.39 is 37.1 Å².